The Morgan fingerprint density at radius 1 is 1.57 bits per heavy atom. The molecule has 0 N–H and O–H groups in total. The van der Waals surface area contributed by atoms with Crippen molar-refractivity contribution < 1.29 is 9.53 Å². The van der Waals surface area contributed by atoms with Crippen molar-refractivity contribution >= 4 is 6.09 Å². The largest absolute Gasteiger partial charge is 0.444 e. The average Bonchev–Trinajstić information content (AvgIpc) is 2.98. The van der Waals surface area contributed by atoms with Crippen LogP contribution in [0.2, 0.25) is 0 Å². The van der Waals surface area contributed by atoms with Crippen LogP contribution in [0.5, 0.6) is 0 Å². The van der Waals surface area contributed by atoms with Crippen LogP contribution in [0, 0.1) is 0 Å². The summed E-state index contributed by atoms with van der Waals surface area (Å²) in [5.74, 6) is 0. The van der Waals surface area contributed by atoms with Gasteiger partial charge in [0.1, 0.15) is 5.60 Å². The van der Waals surface area contributed by atoms with Gasteiger partial charge in [0.2, 0.25) is 0 Å². The van der Waals surface area contributed by atoms with Crippen LogP contribution in [0.15, 0.2) is 23.6 Å². The summed E-state index contributed by atoms with van der Waals surface area (Å²) in [6.45, 7) is 6.42. The van der Waals surface area contributed by atoms with Gasteiger partial charge < -0.3 is 9.64 Å². The normalized spacial score (nSPS) is 22.0. The molecule has 0 spiro atoms. The van der Waals surface area contributed by atoms with Crippen molar-refractivity contribution in [2.45, 2.75) is 51.4 Å². The molecule has 2 unspecified atom stereocenters. The molecule has 1 amide bonds. The Bertz CT molecular complexity index is 529. The van der Waals surface area contributed by atoms with Crippen molar-refractivity contribution in [2.24, 2.45) is 5.11 Å². The number of rotatable bonds is 3. The molecule has 21 heavy (non-hydrogen) atoms. The zero-order valence-corrected chi connectivity index (χ0v) is 12.5. The van der Waals surface area contributed by atoms with Gasteiger partial charge in [0.25, 0.3) is 0 Å². The standard InChI is InChI=1S/C13H20N6O2/c1-13(2,3)21-12(20)19-8-10(16-17-14)7-11(19)9-18-6-4-5-15-18/h4-6,10-11H,7-9H2,1-3H3. The third-order valence-electron chi connectivity index (χ3n) is 3.19. The van der Waals surface area contributed by atoms with Crippen LogP contribution in [-0.2, 0) is 11.3 Å². The van der Waals surface area contributed by atoms with Crippen LogP contribution >= 0.6 is 0 Å². The van der Waals surface area contributed by atoms with E-state index in [2.05, 4.69) is 15.1 Å². The second-order valence-corrected chi connectivity index (χ2v) is 6.11. The van der Waals surface area contributed by atoms with Crippen LogP contribution in [0.4, 0.5) is 4.79 Å². The smallest absolute Gasteiger partial charge is 0.410 e. The molecular formula is C13H20N6O2. The van der Waals surface area contributed by atoms with E-state index in [1.807, 2.05) is 33.0 Å². The Balaban J connectivity index is 2.10. The molecule has 2 rings (SSSR count). The topological polar surface area (TPSA) is 96.1 Å². The van der Waals surface area contributed by atoms with Gasteiger partial charge in [-0.1, -0.05) is 5.11 Å². The lowest BCUT2D eigenvalue weighted by Gasteiger charge is -2.28. The number of ether oxygens (including phenoxy) is 1. The molecular weight excluding hydrogens is 272 g/mol. The van der Waals surface area contributed by atoms with E-state index in [1.165, 1.54) is 0 Å². The van der Waals surface area contributed by atoms with Gasteiger partial charge in [-0.05, 0) is 38.8 Å². The Morgan fingerprint density at radius 3 is 2.90 bits per heavy atom. The summed E-state index contributed by atoms with van der Waals surface area (Å²) in [5.41, 5.74) is 8.04. The van der Waals surface area contributed by atoms with E-state index < -0.39 is 5.60 Å². The highest BCUT2D eigenvalue weighted by molar-refractivity contribution is 5.69. The first kappa shape index (κ1) is 15.2. The number of amides is 1. The Kier molecular flexibility index (Phi) is 4.37. The Hall–Kier alpha value is -2.21. The third-order valence-corrected chi connectivity index (χ3v) is 3.19. The van der Waals surface area contributed by atoms with E-state index in [1.54, 1.807) is 15.8 Å². The minimum atomic E-state index is -0.552. The Morgan fingerprint density at radius 2 is 2.33 bits per heavy atom. The number of azide groups is 1. The first-order valence-electron chi connectivity index (χ1n) is 6.90. The molecule has 0 aliphatic carbocycles. The molecule has 0 radical (unpaired) electrons. The molecule has 1 saturated heterocycles. The minimum Gasteiger partial charge on any atom is -0.444 e. The number of hydrogen-bond acceptors (Lipinski definition) is 4. The lowest BCUT2D eigenvalue weighted by atomic mass is 10.2. The third kappa shape index (κ3) is 4.13. The van der Waals surface area contributed by atoms with E-state index in [4.69, 9.17) is 10.3 Å². The van der Waals surface area contributed by atoms with Gasteiger partial charge in [-0.25, -0.2) is 4.79 Å². The number of aromatic nitrogens is 2. The summed E-state index contributed by atoms with van der Waals surface area (Å²) in [6.07, 6.45) is 3.77. The van der Waals surface area contributed by atoms with Gasteiger partial charge >= 0.3 is 6.09 Å². The molecule has 2 heterocycles. The second-order valence-electron chi connectivity index (χ2n) is 6.11. The predicted octanol–water partition coefficient (Wildman–Crippen LogP) is 2.57. The number of carbonyl (C=O) groups excluding carboxylic acids is 1. The highest BCUT2D eigenvalue weighted by Gasteiger charge is 2.37. The summed E-state index contributed by atoms with van der Waals surface area (Å²) in [4.78, 5) is 16.8. The van der Waals surface area contributed by atoms with E-state index in [-0.39, 0.29) is 18.2 Å². The zero-order valence-electron chi connectivity index (χ0n) is 12.5. The fraction of sp³-hybridized carbons (Fsp3) is 0.692. The van der Waals surface area contributed by atoms with Gasteiger partial charge in [-0.15, -0.1) is 0 Å². The summed E-state index contributed by atoms with van der Waals surface area (Å²) < 4.78 is 7.18. The average molecular weight is 292 g/mol. The van der Waals surface area contributed by atoms with Crippen molar-refractivity contribution in [3.05, 3.63) is 28.9 Å². The van der Waals surface area contributed by atoms with Gasteiger partial charge in [0, 0.05) is 23.9 Å². The van der Waals surface area contributed by atoms with Gasteiger partial charge in [-0.3, -0.25) is 4.68 Å². The van der Waals surface area contributed by atoms with E-state index in [0.717, 1.165) is 0 Å². The van der Waals surface area contributed by atoms with Crippen molar-refractivity contribution in [2.75, 3.05) is 6.54 Å². The van der Waals surface area contributed by atoms with Crippen LogP contribution < -0.4 is 0 Å². The second kappa shape index (κ2) is 6.05. The highest BCUT2D eigenvalue weighted by Crippen LogP contribution is 2.24. The van der Waals surface area contributed by atoms with Crippen molar-refractivity contribution in [1.82, 2.24) is 14.7 Å². The SMILES string of the molecule is CC(C)(C)OC(=O)N1CC(N=[N+]=[N-])CC1Cn1cccn1. The number of likely N-dealkylation sites (tertiary alicyclic amines) is 1. The predicted molar refractivity (Wildman–Crippen MR) is 76.5 cm³/mol. The Labute approximate surface area is 123 Å². The van der Waals surface area contributed by atoms with Crippen molar-refractivity contribution in [1.29, 1.82) is 0 Å². The van der Waals surface area contributed by atoms with E-state index in [9.17, 15) is 4.79 Å². The molecule has 1 aliphatic rings. The fourth-order valence-corrected chi connectivity index (χ4v) is 2.39. The van der Waals surface area contributed by atoms with Crippen molar-refractivity contribution in [3.8, 4) is 0 Å². The first-order chi connectivity index (χ1) is 9.89. The summed E-state index contributed by atoms with van der Waals surface area (Å²) in [5, 5.41) is 7.89. The molecule has 1 aromatic rings. The molecule has 114 valence electrons. The molecule has 1 aromatic heterocycles. The summed E-state index contributed by atoms with van der Waals surface area (Å²) in [7, 11) is 0. The fourth-order valence-electron chi connectivity index (χ4n) is 2.39. The maximum Gasteiger partial charge on any atom is 0.410 e. The number of carbonyl (C=O) groups is 1. The minimum absolute atomic E-state index is 0.0877. The summed E-state index contributed by atoms with van der Waals surface area (Å²) in [6, 6.07) is 1.52. The lowest BCUT2D eigenvalue weighted by molar-refractivity contribution is 0.0210. The maximum atomic E-state index is 12.3. The first-order valence-corrected chi connectivity index (χ1v) is 6.90. The van der Waals surface area contributed by atoms with Gasteiger partial charge in [0.05, 0.1) is 18.6 Å². The van der Waals surface area contributed by atoms with Crippen LogP contribution in [0.3, 0.4) is 0 Å². The molecule has 0 saturated carbocycles. The lowest BCUT2D eigenvalue weighted by Crippen LogP contribution is -2.41. The highest BCUT2D eigenvalue weighted by atomic mass is 16.6. The van der Waals surface area contributed by atoms with Gasteiger partial charge in [-0.2, -0.15) is 5.10 Å². The molecule has 1 aliphatic heterocycles. The van der Waals surface area contributed by atoms with Crippen LogP contribution in [0.25, 0.3) is 10.4 Å². The molecule has 1 fully saturated rings. The van der Waals surface area contributed by atoms with Crippen LogP contribution in [-0.4, -0.2) is 45.0 Å². The molecule has 8 heteroatoms. The van der Waals surface area contributed by atoms with E-state index in [0.29, 0.717) is 19.5 Å². The molecule has 8 nitrogen and oxygen atoms in total. The maximum absolute atomic E-state index is 12.3. The zero-order chi connectivity index (χ0) is 15.5. The molecule has 2 atom stereocenters. The quantitative estimate of drug-likeness (QED) is 0.486. The van der Waals surface area contributed by atoms with Gasteiger partial charge in [0.15, 0.2) is 0 Å². The monoisotopic (exact) mass is 292 g/mol. The van der Waals surface area contributed by atoms with Crippen LogP contribution in [0.1, 0.15) is 27.2 Å². The molecule has 0 bridgehead atoms. The number of nitrogens with zero attached hydrogens (tertiary/aromatic N) is 6. The molecule has 0 aromatic carbocycles. The summed E-state index contributed by atoms with van der Waals surface area (Å²) >= 11 is 0. The number of hydrogen-bond donors (Lipinski definition) is 0. The van der Waals surface area contributed by atoms with Crippen molar-refractivity contribution in [3.63, 3.8) is 0 Å². The van der Waals surface area contributed by atoms with E-state index >= 15 is 0 Å².